The number of anilines is 1. The van der Waals surface area contributed by atoms with Crippen LogP contribution >= 0.6 is 46.2 Å². The molecule has 0 atom stereocenters. The number of nitriles is 2. The lowest BCUT2D eigenvalue weighted by molar-refractivity contribution is -0.138. The molecule has 22 heteroatoms. The molecule has 2 aromatic heterocycles. The number of carbonyl (C=O) groups is 3. The Balaban J connectivity index is 1.76. The number of fused-ring (bicyclic) bond motifs is 1. The smallest absolute Gasteiger partial charge is 0.323 e. The minimum atomic E-state index is -4.24. The first-order chi connectivity index (χ1) is 24.0. The fraction of sp³-hybridized carbons (Fsp3) is 0.276. The Bertz CT molecular complexity index is 2560. The van der Waals surface area contributed by atoms with Crippen LogP contribution in [0.5, 0.6) is 5.75 Å². The highest BCUT2D eigenvalue weighted by Crippen LogP contribution is 2.47. The van der Waals surface area contributed by atoms with Gasteiger partial charge >= 0.3 is 11.9 Å². The zero-order valence-corrected chi connectivity index (χ0v) is 30.3. The number of hydrogen-bond acceptors (Lipinski definition) is 15. The maximum Gasteiger partial charge on any atom is 0.323 e. The molecule has 1 aromatic carbocycles. The van der Waals surface area contributed by atoms with Gasteiger partial charge in [-0.1, -0.05) is 23.5 Å². The molecule has 4 heterocycles. The summed E-state index contributed by atoms with van der Waals surface area (Å²) in [7, 11) is -1.56. The largest absolute Gasteiger partial charge is 0.497 e. The summed E-state index contributed by atoms with van der Waals surface area (Å²) in [5.41, 5.74) is -1.06. The van der Waals surface area contributed by atoms with Crippen molar-refractivity contribution in [2.75, 3.05) is 31.4 Å². The van der Waals surface area contributed by atoms with Crippen molar-refractivity contribution in [3.8, 4) is 17.9 Å². The lowest BCUT2D eigenvalue weighted by Crippen LogP contribution is -2.39. The average Bonchev–Trinajstić information content (AvgIpc) is 3.75. The molecule has 1 amide bonds. The first-order valence-electron chi connectivity index (χ1n) is 14.3. The summed E-state index contributed by atoms with van der Waals surface area (Å²) in [5, 5.41) is 39.1. The van der Waals surface area contributed by atoms with Crippen molar-refractivity contribution in [1.82, 2.24) is 14.0 Å². The number of benzene rings is 1. The van der Waals surface area contributed by atoms with E-state index in [2.05, 4.69) is 0 Å². The van der Waals surface area contributed by atoms with Gasteiger partial charge in [-0.15, -0.1) is 22.7 Å². The van der Waals surface area contributed by atoms with Crippen LogP contribution in [0.25, 0.3) is 11.0 Å². The molecule has 0 bridgehead atoms. The molecule has 1 saturated heterocycles. The summed E-state index contributed by atoms with van der Waals surface area (Å²) >= 11 is 3.18. The summed E-state index contributed by atoms with van der Waals surface area (Å²) in [4.78, 5) is 65.4. The molecule has 0 spiro atoms. The van der Waals surface area contributed by atoms with Crippen molar-refractivity contribution < 1.29 is 42.3 Å². The van der Waals surface area contributed by atoms with Crippen LogP contribution in [0.3, 0.4) is 0 Å². The average molecular weight is 793 g/mol. The maximum atomic E-state index is 13.8. The molecule has 2 aliphatic heterocycles. The summed E-state index contributed by atoms with van der Waals surface area (Å²) in [6.45, 7) is -1.65. The van der Waals surface area contributed by atoms with Gasteiger partial charge in [0.15, 0.2) is 0 Å². The van der Waals surface area contributed by atoms with E-state index in [1.807, 2.05) is 0 Å². The molecule has 5 rings (SSSR count). The molecule has 1 fully saturated rings. The van der Waals surface area contributed by atoms with Crippen LogP contribution < -0.4 is 30.0 Å². The maximum absolute atomic E-state index is 13.8. The van der Waals surface area contributed by atoms with Crippen molar-refractivity contribution in [2.45, 2.75) is 29.3 Å². The number of nitrogens with zero attached hydrogens (tertiary/aromatic N) is 6. The van der Waals surface area contributed by atoms with E-state index in [-0.39, 0.29) is 36.3 Å². The van der Waals surface area contributed by atoms with Gasteiger partial charge in [-0.25, -0.2) is 0 Å². The van der Waals surface area contributed by atoms with Crippen LogP contribution in [-0.4, -0.2) is 86.4 Å². The summed E-state index contributed by atoms with van der Waals surface area (Å²) in [5.74, 6) is -3.68. The monoisotopic (exact) mass is 792 g/mol. The van der Waals surface area contributed by atoms with Crippen LogP contribution in [-0.2, 0) is 37.6 Å². The number of rotatable bonds is 10. The number of allylic oxidation sites excluding steroid dienone is 1. The lowest BCUT2D eigenvalue weighted by Gasteiger charge is -2.20. The zero-order valence-electron chi connectivity index (χ0n) is 26.3. The molecule has 0 radical (unpaired) electrons. The van der Waals surface area contributed by atoms with Gasteiger partial charge in [0.25, 0.3) is 32.0 Å². The molecule has 0 unspecified atom stereocenters. The number of carboxylic acids is 2. The third-order valence-electron chi connectivity index (χ3n) is 7.39. The Morgan fingerprint density at radius 2 is 1.65 bits per heavy atom. The minimum absolute atomic E-state index is 0.0170. The van der Waals surface area contributed by atoms with Crippen molar-refractivity contribution in [2.24, 2.45) is 0 Å². The van der Waals surface area contributed by atoms with Crippen LogP contribution in [0.1, 0.15) is 6.42 Å². The van der Waals surface area contributed by atoms with Gasteiger partial charge in [0, 0.05) is 24.6 Å². The molecule has 3 aromatic rings. The standard InChI is InChI=1S/C29H24N6O11S5/c1-32-25(41)23(50-29(32,13-30)14-31)28-35(12-21(38)39)26(42)22(49-28)27-34(11-20(36)37)24(40)18(48-27)6-7-19-33(8-3-9-51(43,44)45)16-10-15(46-2)4-5-17(16)47-19/h4-7,10H,3,8-9,11-12H2,1-2H3,(H,36,37)(H,38,39)(H,43,44,45)/b18-6?,19-7?,27-22+,28-23+. The van der Waals surface area contributed by atoms with Gasteiger partial charge in [-0.3, -0.25) is 37.7 Å². The third-order valence-corrected chi connectivity index (χ3v) is 13.2. The molecular formula is C29H24N6O11S5. The summed E-state index contributed by atoms with van der Waals surface area (Å²) < 4.78 is 38.3. The lowest BCUT2D eigenvalue weighted by atomic mass is 10.2. The van der Waals surface area contributed by atoms with Crippen molar-refractivity contribution >= 4 is 90.8 Å². The quantitative estimate of drug-likeness (QED) is 0.231. The normalized spacial score (nSPS) is 18.2. The molecule has 2 aliphatic rings. The van der Waals surface area contributed by atoms with E-state index in [0.29, 0.717) is 39.6 Å². The second-order valence-corrected chi connectivity index (χ2v) is 16.5. The Morgan fingerprint density at radius 1 is 1.00 bits per heavy atom. The van der Waals surface area contributed by atoms with Gasteiger partial charge in [-0.05, 0) is 30.7 Å². The number of ether oxygens (including phenoxy) is 1. The Hall–Kier alpha value is -4.84. The van der Waals surface area contributed by atoms with E-state index in [1.54, 1.807) is 41.3 Å². The number of thiazole rings is 2. The van der Waals surface area contributed by atoms with Gasteiger partial charge in [0.2, 0.25) is 0 Å². The van der Waals surface area contributed by atoms with Crippen LogP contribution in [0.2, 0.25) is 0 Å². The van der Waals surface area contributed by atoms with Crippen molar-refractivity contribution in [3.05, 3.63) is 68.4 Å². The first kappa shape index (κ1) is 37.4. The fourth-order valence-electron chi connectivity index (χ4n) is 5.00. The van der Waals surface area contributed by atoms with E-state index in [9.17, 15) is 57.7 Å². The number of carbonyl (C=O) groups excluding carboxylic acids is 1. The molecular weight excluding hydrogens is 769 g/mol. The fourth-order valence-corrected chi connectivity index (χ4v) is 10.1. The second-order valence-electron chi connectivity index (χ2n) is 10.6. The van der Waals surface area contributed by atoms with E-state index < -0.39 is 62.8 Å². The minimum Gasteiger partial charge on any atom is -0.497 e. The summed E-state index contributed by atoms with van der Waals surface area (Å²) in [6, 6.07) is 8.75. The molecule has 0 aliphatic carbocycles. The topological polar surface area (TPSA) is 253 Å². The zero-order chi connectivity index (χ0) is 37.4. The number of amides is 1. The Kier molecular flexibility index (Phi) is 10.6. The highest BCUT2D eigenvalue weighted by molar-refractivity contribution is 8.11. The number of aromatic nitrogens is 2. The van der Waals surface area contributed by atoms with Crippen molar-refractivity contribution in [3.63, 3.8) is 0 Å². The third kappa shape index (κ3) is 7.33. The SMILES string of the molecule is COc1ccc2c(c1)N(CCCS(=O)(=O)O)C(=CC=c1s/c(=c3/s/c(=C4/SC(C#N)(C#N)N(C)C4=O)n(CC(=O)O)c3=O)n(CC(=O)O)c1=O)S2. The van der Waals surface area contributed by atoms with E-state index in [1.165, 1.54) is 32.0 Å². The van der Waals surface area contributed by atoms with Gasteiger partial charge < -0.3 is 24.7 Å². The second kappa shape index (κ2) is 14.4. The van der Waals surface area contributed by atoms with Crippen LogP contribution in [0, 0.1) is 31.9 Å². The molecule has 266 valence electrons. The predicted octanol–water partition coefficient (Wildman–Crippen LogP) is 0.167. The van der Waals surface area contributed by atoms with Gasteiger partial charge in [0.05, 0.1) is 28.1 Å². The van der Waals surface area contributed by atoms with Gasteiger partial charge in [0.1, 0.15) is 49.7 Å². The Labute approximate surface area is 303 Å². The van der Waals surface area contributed by atoms with Crippen LogP contribution in [0.15, 0.2) is 43.8 Å². The van der Waals surface area contributed by atoms with E-state index >= 15 is 0 Å². The highest BCUT2D eigenvalue weighted by atomic mass is 32.2. The molecule has 17 nitrogen and oxygen atoms in total. The van der Waals surface area contributed by atoms with E-state index in [4.69, 9.17) is 4.74 Å². The molecule has 3 N–H and O–H groups in total. The predicted molar refractivity (Wildman–Crippen MR) is 187 cm³/mol. The molecule has 51 heavy (non-hydrogen) atoms. The highest BCUT2D eigenvalue weighted by Gasteiger charge is 2.49. The van der Waals surface area contributed by atoms with E-state index in [0.717, 1.165) is 30.3 Å². The first-order valence-corrected chi connectivity index (χ1v) is 19.1. The van der Waals surface area contributed by atoms with Crippen molar-refractivity contribution in [1.29, 1.82) is 10.5 Å². The number of carboxylic acid groups (broad SMARTS) is 2. The van der Waals surface area contributed by atoms with Gasteiger partial charge in [-0.2, -0.15) is 18.9 Å². The number of methoxy groups -OCH3 is 1. The number of aliphatic carboxylic acids is 2. The van der Waals surface area contributed by atoms with Crippen LogP contribution in [0.4, 0.5) is 5.69 Å². The number of hydrogen-bond donors (Lipinski definition) is 3. The molecule has 0 saturated carbocycles. The Morgan fingerprint density at radius 3 is 2.22 bits per heavy atom. The summed E-state index contributed by atoms with van der Waals surface area (Å²) in [6.07, 6.45) is 3.00. The number of thioether (sulfide) groups is 2.